The van der Waals surface area contributed by atoms with E-state index < -0.39 is 21.7 Å². The number of nitrogens with one attached hydrogen (secondary N) is 1. The van der Waals surface area contributed by atoms with Crippen LogP contribution < -0.4 is 5.73 Å². The van der Waals surface area contributed by atoms with Gasteiger partial charge in [-0.1, -0.05) is 6.07 Å². The fraction of sp³-hybridized carbons (Fsp3) is 0.273. The molecule has 1 amide bonds. The molecule has 0 saturated heterocycles. The molecule has 7 nitrogen and oxygen atoms in total. The van der Waals surface area contributed by atoms with E-state index >= 15 is 0 Å². The Morgan fingerprint density at radius 3 is 2.32 bits per heavy atom. The molecule has 0 radical (unpaired) electrons. The van der Waals surface area contributed by atoms with Crippen molar-refractivity contribution in [3.05, 3.63) is 29.8 Å². The lowest BCUT2D eigenvalue weighted by molar-refractivity contribution is 0.0524. The fourth-order valence-corrected chi connectivity index (χ4v) is 2.16. The first-order valence-electron chi connectivity index (χ1n) is 5.30. The van der Waals surface area contributed by atoms with Crippen LogP contribution in [-0.4, -0.2) is 50.7 Å². The number of benzene rings is 1. The Morgan fingerprint density at radius 2 is 1.89 bits per heavy atom. The molecule has 0 saturated carbocycles. The van der Waals surface area contributed by atoms with E-state index in [1.807, 2.05) is 0 Å². The summed E-state index contributed by atoms with van der Waals surface area (Å²) in [6, 6.07) is 5.60. The highest BCUT2D eigenvalue weighted by Crippen LogP contribution is 2.13. The predicted molar refractivity (Wildman–Crippen MR) is 71.3 cm³/mol. The van der Waals surface area contributed by atoms with Crippen molar-refractivity contribution in [2.45, 2.75) is 4.90 Å². The Labute approximate surface area is 112 Å². The molecule has 0 fully saturated rings. The molecule has 19 heavy (non-hydrogen) atoms. The number of hydrogen-bond acceptors (Lipinski definition) is 5. The molecule has 1 rings (SSSR count). The number of hydrazine groups is 1. The minimum atomic E-state index is -3.39. The first-order valence-corrected chi connectivity index (χ1v) is 7.19. The van der Waals surface area contributed by atoms with Crippen LogP contribution in [0.1, 0.15) is 10.4 Å². The van der Waals surface area contributed by atoms with Gasteiger partial charge in [-0.3, -0.25) is 10.2 Å². The Kier molecular flexibility index (Phi) is 4.28. The summed E-state index contributed by atoms with van der Waals surface area (Å²) in [5.74, 6) is -1.01. The topological polar surface area (TPSA) is 108 Å². The third-order valence-corrected chi connectivity index (χ3v) is 3.44. The van der Waals surface area contributed by atoms with Crippen molar-refractivity contribution in [3.8, 4) is 0 Å². The van der Waals surface area contributed by atoms with Gasteiger partial charge in [0.15, 0.2) is 9.84 Å². The summed E-state index contributed by atoms with van der Waals surface area (Å²) in [7, 11) is -0.284. The quantitative estimate of drug-likeness (QED) is 0.458. The molecule has 0 bridgehead atoms. The summed E-state index contributed by atoms with van der Waals surface area (Å²) in [5.41, 5.74) is 5.47. The van der Waals surface area contributed by atoms with Crippen LogP contribution in [0.25, 0.3) is 0 Å². The molecule has 0 spiro atoms. The number of amides is 1. The monoisotopic (exact) mass is 284 g/mol. The van der Waals surface area contributed by atoms with E-state index in [4.69, 9.17) is 11.1 Å². The second-order valence-corrected chi connectivity index (χ2v) is 6.17. The molecule has 0 aliphatic heterocycles. The first-order chi connectivity index (χ1) is 8.64. The Bertz CT molecular complexity index is 610. The van der Waals surface area contributed by atoms with Crippen molar-refractivity contribution in [1.29, 1.82) is 5.41 Å². The third-order valence-electron chi connectivity index (χ3n) is 2.33. The molecule has 0 aliphatic rings. The van der Waals surface area contributed by atoms with Crippen LogP contribution in [0, 0.1) is 5.41 Å². The van der Waals surface area contributed by atoms with Crippen molar-refractivity contribution in [2.75, 3.05) is 20.4 Å². The zero-order chi connectivity index (χ0) is 14.8. The van der Waals surface area contributed by atoms with Gasteiger partial charge >= 0.3 is 0 Å². The molecule has 3 N–H and O–H groups in total. The first kappa shape index (κ1) is 15.1. The molecule has 0 heterocycles. The molecule has 1 aromatic rings. The van der Waals surface area contributed by atoms with Gasteiger partial charge in [-0.25, -0.2) is 18.4 Å². The van der Waals surface area contributed by atoms with E-state index in [9.17, 15) is 13.2 Å². The average molecular weight is 284 g/mol. The normalized spacial score (nSPS) is 11.4. The second kappa shape index (κ2) is 5.37. The van der Waals surface area contributed by atoms with Gasteiger partial charge in [0.1, 0.15) is 0 Å². The number of carbonyl (C=O) groups excluding carboxylic acids is 1. The molecule has 0 unspecified atom stereocenters. The van der Waals surface area contributed by atoms with Gasteiger partial charge in [-0.05, 0) is 18.2 Å². The molecule has 8 heteroatoms. The van der Waals surface area contributed by atoms with Crippen molar-refractivity contribution >= 4 is 21.7 Å². The smallest absolute Gasteiger partial charge is 0.275 e. The number of guanidine groups is 1. The largest absolute Gasteiger partial charge is 0.369 e. The van der Waals surface area contributed by atoms with E-state index in [0.29, 0.717) is 0 Å². The van der Waals surface area contributed by atoms with Gasteiger partial charge in [0.25, 0.3) is 5.91 Å². The van der Waals surface area contributed by atoms with E-state index in [-0.39, 0.29) is 10.5 Å². The zero-order valence-corrected chi connectivity index (χ0v) is 11.7. The Balaban J connectivity index is 3.24. The van der Waals surface area contributed by atoms with Crippen molar-refractivity contribution in [3.63, 3.8) is 0 Å². The molecule has 0 aliphatic carbocycles. The SMILES string of the molecule is CN(C)N(C(=N)N)C(=O)c1cccc(S(C)(=O)=O)c1. The van der Waals surface area contributed by atoms with Crippen LogP contribution in [0.2, 0.25) is 0 Å². The van der Waals surface area contributed by atoms with Crippen LogP contribution in [-0.2, 0) is 9.84 Å². The summed E-state index contributed by atoms with van der Waals surface area (Å²) >= 11 is 0. The van der Waals surface area contributed by atoms with E-state index in [0.717, 1.165) is 11.3 Å². The number of hydrogen-bond donors (Lipinski definition) is 2. The molecule has 0 aromatic heterocycles. The lowest BCUT2D eigenvalue weighted by atomic mass is 10.2. The highest BCUT2D eigenvalue weighted by atomic mass is 32.2. The predicted octanol–water partition coefficient (Wildman–Crippen LogP) is -0.0976. The van der Waals surface area contributed by atoms with Crippen LogP contribution in [0.3, 0.4) is 0 Å². The second-order valence-electron chi connectivity index (χ2n) is 4.15. The minimum absolute atomic E-state index is 0.0422. The summed E-state index contributed by atoms with van der Waals surface area (Å²) in [6.45, 7) is 0. The van der Waals surface area contributed by atoms with E-state index in [2.05, 4.69) is 0 Å². The summed E-state index contributed by atoms with van der Waals surface area (Å²) < 4.78 is 22.9. The van der Waals surface area contributed by atoms with Gasteiger partial charge in [-0.2, -0.15) is 0 Å². The molecule has 104 valence electrons. The fourth-order valence-electron chi connectivity index (χ4n) is 1.49. The maximum absolute atomic E-state index is 12.2. The van der Waals surface area contributed by atoms with Gasteiger partial charge in [0.05, 0.1) is 4.90 Å². The number of nitrogens with zero attached hydrogens (tertiary/aromatic N) is 2. The highest BCUT2D eigenvalue weighted by molar-refractivity contribution is 7.90. The maximum atomic E-state index is 12.2. The Hall–Kier alpha value is -1.93. The van der Waals surface area contributed by atoms with E-state index in [1.165, 1.54) is 29.3 Å². The van der Waals surface area contributed by atoms with Gasteiger partial charge in [-0.15, -0.1) is 0 Å². The molecular formula is C11H16N4O3S. The number of nitrogens with two attached hydrogens (primary N) is 1. The van der Waals surface area contributed by atoms with E-state index in [1.54, 1.807) is 14.1 Å². The van der Waals surface area contributed by atoms with Crippen molar-refractivity contribution in [2.24, 2.45) is 5.73 Å². The van der Waals surface area contributed by atoms with Crippen LogP contribution in [0.4, 0.5) is 0 Å². The summed E-state index contributed by atoms with van der Waals surface area (Å²) in [6.07, 6.45) is 1.06. The highest BCUT2D eigenvalue weighted by Gasteiger charge is 2.21. The summed E-state index contributed by atoms with van der Waals surface area (Å²) in [5, 5.41) is 9.64. The van der Waals surface area contributed by atoms with Crippen molar-refractivity contribution < 1.29 is 13.2 Å². The maximum Gasteiger partial charge on any atom is 0.275 e. The van der Waals surface area contributed by atoms with Crippen LogP contribution in [0.15, 0.2) is 29.2 Å². The molecular weight excluding hydrogens is 268 g/mol. The lowest BCUT2D eigenvalue weighted by Crippen LogP contribution is -2.49. The van der Waals surface area contributed by atoms with Gasteiger partial charge in [0.2, 0.25) is 5.96 Å². The minimum Gasteiger partial charge on any atom is -0.369 e. The zero-order valence-electron chi connectivity index (χ0n) is 10.9. The van der Waals surface area contributed by atoms with Crippen LogP contribution >= 0.6 is 0 Å². The van der Waals surface area contributed by atoms with Crippen LogP contribution in [0.5, 0.6) is 0 Å². The summed E-state index contributed by atoms with van der Waals surface area (Å²) in [4.78, 5) is 12.2. The average Bonchev–Trinajstić information content (AvgIpc) is 2.27. The molecule has 0 atom stereocenters. The number of rotatable bonds is 3. The Morgan fingerprint density at radius 1 is 1.32 bits per heavy atom. The van der Waals surface area contributed by atoms with Gasteiger partial charge in [0, 0.05) is 25.9 Å². The third kappa shape index (κ3) is 3.52. The molecule has 1 aromatic carbocycles. The van der Waals surface area contributed by atoms with Crippen molar-refractivity contribution in [1.82, 2.24) is 10.0 Å². The number of carbonyl (C=O) groups is 1. The number of sulfone groups is 1. The standard InChI is InChI=1S/C11H16N4O3S/c1-14(2)15(11(12)13)10(16)8-5-4-6-9(7-8)19(3,17)18/h4-7H,1-3H3,(H3,12,13). The van der Waals surface area contributed by atoms with Gasteiger partial charge < -0.3 is 5.73 Å². The lowest BCUT2D eigenvalue weighted by Gasteiger charge is -2.26.